The largest absolute Gasteiger partial charge is 0.444 e. The summed E-state index contributed by atoms with van der Waals surface area (Å²) < 4.78 is 44.8. The van der Waals surface area contributed by atoms with Gasteiger partial charge in [0.15, 0.2) is 0 Å². The summed E-state index contributed by atoms with van der Waals surface area (Å²) in [4.78, 5) is 12.7. The first-order valence-electron chi connectivity index (χ1n) is 7.19. The number of carbonyl (C=O) groups excluding carboxylic acids is 1. The summed E-state index contributed by atoms with van der Waals surface area (Å²) >= 11 is 0. The minimum Gasteiger partial charge on any atom is -0.444 e. The Balaban J connectivity index is 2.70. The number of nitrogens with one attached hydrogen (secondary N) is 1. The highest BCUT2D eigenvalue weighted by Gasteiger charge is 2.49. The number of rotatable bonds is 3. The van der Waals surface area contributed by atoms with Gasteiger partial charge in [-0.25, -0.2) is 4.79 Å². The Hall–Kier alpha value is -1.49. The second kappa shape index (κ2) is 7.18. The fraction of sp³-hybridized carbons (Fsp3) is 0.857. The van der Waals surface area contributed by atoms with Gasteiger partial charge in [0.2, 0.25) is 0 Å². The Kier molecular flexibility index (Phi) is 6.06. The third kappa shape index (κ3) is 5.72. The Morgan fingerprint density at radius 3 is 2.55 bits per heavy atom. The first-order valence-corrected chi connectivity index (χ1v) is 7.19. The number of nitrogens with zero attached hydrogens (tertiary/aromatic N) is 2. The van der Waals surface area contributed by atoms with Crippen molar-refractivity contribution in [2.75, 3.05) is 19.6 Å². The van der Waals surface area contributed by atoms with Crippen LogP contribution in [0.15, 0.2) is 0 Å². The maximum atomic E-state index is 13.3. The van der Waals surface area contributed by atoms with Gasteiger partial charge in [0.1, 0.15) is 11.6 Å². The molecular formula is C14H22F3N3O2. The molecule has 0 radical (unpaired) electrons. The molecule has 0 aromatic heterocycles. The van der Waals surface area contributed by atoms with E-state index in [-0.39, 0.29) is 19.6 Å². The lowest BCUT2D eigenvalue weighted by Crippen LogP contribution is -2.56. The molecule has 1 aliphatic rings. The average Bonchev–Trinajstić information content (AvgIpc) is 2.33. The Morgan fingerprint density at radius 2 is 2.05 bits per heavy atom. The van der Waals surface area contributed by atoms with E-state index in [1.807, 2.05) is 0 Å². The van der Waals surface area contributed by atoms with Crippen LogP contribution < -0.4 is 5.32 Å². The maximum Gasteiger partial charge on any atom is 0.407 e. The zero-order valence-electron chi connectivity index (χ0n) is 13.0. The van der Waals surface area contributed by atoms with Crippen LogP contribution in [-0.4, -0.2) is 48.4 Å². The van der Waals surface area contributed by atoms with Crippen molar-refractivity contribution in [1.82, 2.24) is 10.2 Å². The van der Waals surface area contributed by atoms with Gasteiger partial charge in [0.05, 0.1) is 12.6 Å². The Bertz CT molecular complexity index is 427. The van der Waals surface area contributed by atoms with Gasteiger partial charge in [-0.2, -0.15) is 18.4 Å². The van der Waals surface area contributed by atoms with E-state index >= 15 is 0 Å². The number of nitriles is 1. The second-order valence-electron chi connectivity index (χ2n) is 6.40. The molecule has 1 saturated heterocycles. The number of likely N-dealkylation sites (tertiary alicyclic amines) is 1. The summed E-state index contributed by atoms with van der Waals surface area (Å²) in [5, 5.41) is 11.1. The average molecular weight is 321 g/mol. The number of amides is 1. The predicted octanol–water partition coefficient (Wildman–Crippen LogP) is 2.68. The highest BCUT2D eigenvalue weighted by Crippen LogP contribution is 2.35. The molecule has 8 heteroatoms. The minimum absolute atomic E-state index is 0.124. The number of hydrogen-bond acceptors (Lipinski definition) is 4. The highest BCUT2D eigenvalue weighted by atomic mass is 19.4. The van der Waals surface area contributed by atoms with Crippen molar-refractivity contribution in [3.63, 3.8) is 0 Å². The van der Waals surface area contributed by atoms with E-state index in [1.165, 1.54) is 0 Å². The third-order valence-electron chi connectivity index (χ3n) is 3.38. The summed E-state index contributed by atoms with van der Waals surface area (Å²) in [5.74, 6) is -0.783. The topological polar surface area (TPSA) is 65.4 Å². The molecule has 0 aromatic carbocycles. The first kappa shape index (κ1) is 18.6. The predicted molar refractivity (Wildman–Crippen MR) is 74.0 cm³/mol. The van der Waals surface area contributed by atoms with E-state index in [4.69, 9.17) is 10.00 Å². The Labute approximate surface area is 128 Å². The van der Waals surface area contributed by atoms with Crippen LogP contribution in [0.25, 0.3) is 0 Å². The van der Waals surface area contributed by atoms with Crippen molar-refractivity contribution in [2.45, 2.75) is 51.4 Å². The molecule has 2 atom stereocenters. The van der Waals surface area contributed by atoms with Crippen molar-refractivity contribution in [1.29, 1.82) is 5.26 Å². The zero-order chi connectivity index (χ0) is 17.0. The molecule has 0 unspecified atom stereocenters. The lowest BCUT2D eigenvalue weighted by atomic mass is 9.88. The van der Waals surface area contributed by atoms with E-state index in [2.05, 4.69) is 5.32 Å². The van der Waals surface area contributed by atoms with Gasteiger partial charge < -0.3 is 10.1 Å². The summed E-state index contributed by atoms with van der Waals surface area (Å²) in [6.07, 6.45) is -4.25. The van der Waals surface area contributed by atoms with Crippen LogP contribution in [0.4, 0.5) is 18.0 Å². The van der Waals surface area contributed by atoms with Crippen LogP contribution in [0.3, 0.4) is 0 Å². The number of halogens is 3. The molecule has 1 N–H and O–H groups in total. The molecule has 1 heterocycles. The van der Waals surface area contributed by atoms with Crippen molar-refractivity contribution in [3.05, 3.63) is 0 Å². The van der Waals surface area contributed by atoms with E-state index in [0.717, 1.165) is 4.90 Å². The molecule has 126 valence electrons. The van der Waals surface area contributed by atoms with Crippen LogP contribution in [-0.2, 0) is 4.74 Å². The molecular weight excluding hydrogens is 299 g/mol. The first-order chi connectivity index (χ1) is 10.0. The molecule has 1 amide bonds. The van der Waals surface area contributed by atoms with Gasteiger partial charge in [-0.05, 0) is 40.2 Å². The van der Waals surface area contributed by atoms with Crippen LogP contribution in [0.2, 0.25) is 0 Å². The van der Waals surface area contributed by atoms with Crippen molar-refractivity contribution in [3.8, 4) is 6.07 Å². The molecule has 1 aliphatic heterocycles. The lowest BCUT2D eigenvalue weighted by Gasteiger charge is -2.41. The summed E-state index contributed by atoms with van der Waals surface area (Å²) in [6, 6.07) is 0.0577. The monoisotopic (exact) mass is 321 g/mol. The van der Waals surface area contributed by atoms with Crippen LogP contribution in [0.5, 0.6) is 0 Å². The van der Waals surface area contributed by atoms with Gasteiger partial charge in [-0.1, -0.05) is 0 Å². The van der Waals surface area contributed by atoms with Gasteiger partial charge in [0.25, 0.3) is 0 Å². The van der Waals surface area contributed by atoms with Crippen molar-refractivity contribution < 1.29 is 22.7 Å². The normalized spacial score (nSPS) is 23.7. The maximum absolute atomic E-state index is 13.3. The molecule has 0 bridgehead atoms. The van der Waals surface area contributed by atoms with Crippen LogP contribution in [0, 0.1) is 17.2 Å². The quantitative estimate of drug-likeness (QED) is 0.812. The molecule has 22 heavy (non-hydrogen) atoms. The van der Waals surface area contributed by atoms with Gasteiger partial charge in [-0.15, -0.1) is 0 Å². The number of piperidine rings is 1. The fourth-order valence-corrected chi connectivity index (χ4v) is 2.64. The van der Waals surface area contributed by atoms with Crippen LogP contribution in [0.1, 0.15) is 33.6 Å². The van der Waals surface area contributed by atoms with Gasteiger partial charge >= 0.3 is 12.3 Å². The highest BCUT2D eigenvalue weighted by molar-refractivity contribution is 5.67. The smallest absolute Gasteiger partial charge is 0.407 e. The lowest BCUT2D eigenvalue weighted by molar-refractivity contribution is -0.203. The standard InChI is InChI=1S/C14H22F3N3O2/c1-13(2,3)22-12(21)19-9-10-5-4-7-20(8-6-18)11(10)14(15,16)17/h10-11H,4-5,7-9H2,1-3H3,(H,19,21)/t10-,11-/m0/s1. The summed E-state index contributed by atoms with van der Waals surface area (Å²) in [5.41, 5.74) is -0.701. The van der Waals surface area contributed by atoms with E-state index in [1.54, 1.807) is 26.8 Å². The number of alkyl carbamates (subject to hydrolysis) is 1. The van der Waals surface area contributed by atoms with Crippen LogP contribution >= 0.6 is 0 Å². The molecule has 1 fully saturated rings. The number of carbonyl (C=O) groups is 1. The summed E-state index contributed by atoms with van der Waals surface area (Å²) in [7, 11) is 0. The Morgan fingerprint density at radius 1 is 1.41 bits per heavy atom. The van der Waals surface area contributed by atoms with Crippen molar-refractivity contribution >= 4 is 6.09 Å². The molecule has 0 aromatic rings. The van der Waals surface area contributed by atoms with E-state index < -0.39 is 29.8 Å². The minimum atomic E-state index is -4.43. The molecule has 1 rings (SSSR count). The van der Waals surface area contributed by atoms with Gasteiger partial charge in [-0.3, -0.25) is 4.90 Å². The molecule has 0 spiro atoms. The van der Waals surface area contributed by atoms with E-state index in [9.17, 15) is 18.0 Å². The zero-order valence-corrected chi connectivity index (χ0v) is 13.0. The fourth-order valence-electron chi connectivity index (χ4n) is 2.64. The molecule has 5 nitrogen and oxygen atoms in total. The van der Waals surface area contributed by atoms with E-state index in [0.29, 0.717) is 12.8 Å². The SMILES string of the molecule is CC(C)(C)OC(=O)NC[C@@H]1CCCN(CC#N)[C@@H]1C(F)(F)F. The molecule has 0 aliphatic carbocycles. The second-order valence-corrected chi connectivity index (χ2v) is 6.40. The number of ether oxygens (including phenoxy) is 1. The van der Waals surface area contributed by atoms with Gasteiger partial charge in [0, 0.05) is 12.5 Å². The number of hydrogen-bond donors (Lipinski definition) is 1. The third-order valence-corrected chi connectivity index (χ3v) is 3.38. The van der Waals surface area contributed by atoms with Crippen molar-refractivity contribution in [2.24, 2.45) is 5.92 Å². The number of alkyl halides is 3. The molecule has 0 saturated carbocycles. The summed E-state index contributed by atoms with van der Waals surface area (Å²) in [6.45, 7) is 4.88.